The molecule has 1 heterocycles. The van der Waals surface area contributed by atoms with Crippen molar-refractivity contribution in [3.8, 4) is 0 Å². The van der Waals surface area contributed by atoms with Gasteiger partial charge in [0.25, 0.3) is 0 Å². The van der Waals surface area contributed by atoms with E-state index in [4.69, 9.17) is 17.3 Å². The van der Waals surface area contributed by atoms with E-state index < -0.39 is 0 Å². The van der Waals surface area contributed by atoms with Gasteiger partial charge in [0.1, 0.15) is 0 Å². The number of nitrogens with zero attached hydrogens (tertiary/aromatic N) is 2. The maximum absolute atomic E-state index is 5.71. The van der Waals surface area contributed by atoms with Crippen LogP contribution in [0.4, 0.5) is 11.5 Å². The average Bonchev–Trinajstić information content (AvgIpc) is 2.24. The summed E-state index contributed by atoms with van der Waals surface area (Å²) >= 11 is 5.68. The number of nitrogen functional groups attached to an aromatic ring is 1. The second-order valence-electron chi connectivity index (χ2n) is 3.51. The fraction of sp³-hybridized carbons (Fsp3) is 0.600. The molecule has 0 bridgehead atoms. The van der Waals surface area contributed by atoms with Crippen molar-refractivity contribution in [2.24, 2.45) is 5.92 Å². The highest BCUT2D eigenvalue weighted by atomic mass is 35.5. The number of anilines is 2. The van der Waals surface area contributed by atoms with Crippen molar-refractivity contribution < 1.29 is 0 Å². The molecule has 0 saturated heterocycles. The first kappa shape index (κ1) is 12.0. The van der Waals surface area contributed by atoms with E-state index in [2.05, 4.69) is 29.1 Å². The quantitative estimate of drug-likeness (QED) is 0.761. The molecule has 0 aliphatic rings. The lowest BCUT2D eigenvalue weighted by Gasteiger charge is -2.14. The highest BCUT2D eigenvalue weighted by Crippen LogP contribution is 2.17. The predicted octanol–water partition coefficient (Wildman–Crippen LogP) is 2.56. The molecule has 0 spiro atoms. The van der Waals surface area contributed by atoms with Crippen LogP contribution in [0.25, 0.3) is 0 Å². The fourth-order valence-electron chi connectivity index (χ4n) is 1.33. The predicted molar refractivity (Wildman–Crippen MR) is 64.0 cm³/mol. The molecule has 0 atom stereocenters. The summed E-state index contributed by atoms with van der Waals surface area (Å²) in [6.45, 7) is 5.21. The van der Waals surface area contributed by atoms with Gasteiger partial charge in [-0.15, -0.1) is 0 Å². The number of nitrogens with two attached hydrogens (primary N) is 1. The first-order valence-electron chi connectivity index (χ1n) is 5.19. The van der Waals surface area contributed by atoms with Crippen LogP contribution in [0.5, 0.6) is 0 Å². The van der Waals surface area contributed by atoms with Crippen molar-refractivity contribution in [3.05, 3.63) is 11.5 Å². The number of aromatic nitrogens is 2. The molecule has 0 saturated carbocycles. The molecular formula is C10H17ClN4. The van der Waals surface area contributed by atoms with Crippen molar-refractivity contribution in [1.29, 1.82) is 0 Å². The third kappa shape index (κ3) is 3.55. The van der Waals surface area contributed by atoms with E-state index >= 15 is 0 Å². The molecule has 3 N–H and O–H groups in total. The summed E-state index contributed by atoms with van der Waals surface area (Å²) in [6.07, 6.45) is 3.80. The maximum atomic E-state index is 5.71. The first-order valence-corrected chi connectivity index (χ1v) is 5.57. The Morgan fingerprint density at radius 3 is 2.73 bits per heavy atom. The van der Waals surface area contributed by atoms with Crippen LogP contribution in [-0.4, -0.2) is 16.5 Å². The number of rotatable bonds is 5. The maximum Gasteiger partial charge on any atom is 0.224 e. The molecular weight excluding hydrogens is 212 g/mol. The van der Waals surface area contributed by atoms with Crippen molar-refractivity contribution in [3.63, 3.8) is 0 Å². The van der Waals surface area contributed by atoms with Gasteiger partial charge in [-0.2, -0.15) is 4.98 Å². The minimum absolute atomic E-state index is 0.219. The van der Waals surface area contributed by atoms with E-state index in [1.165, 1.54) is 6.20 Å². The third-order valence-corrected chi connectivity index (χ3v) is 2.68. The zero-order valence-corrected chi connectivity index (χ0v) is 9.88. The molecule has 0 amide bonds. The zero-order valence-electron chi connectivity index (χ0n) is 9.13. The monoisotopic (exact) mass is 228 g/mol. The lowest BCUT2D eigenvalue weighted by molar-refractivity contribution is 0.518. The summed E-state index contributed by atoms with van der Waals surface area (Å²) in [5.41, 5.74) is 6.25. The molecule has 0 aliphatic carbocycles. The Labute approximate surface area is 95.3 Å². The summed E-state index contributed by atoms with van der Waals surface area (Å²) in [4.78, 5) is 7.83. The van der Waals surface area contributed by atoms with Gasteiger partial charge >= 0.3 is 0 Å². The van der Waals surface area contributed by atoms with Gasteiger partial charge < -0.3 is 11.1 Å². The smallest absolute Gasteiger partial charge is 0.224 e. The van der Waals surface area contributed by atoms with Crippen LogP contribution in [0.1, 0.15) is 26.7 Å². The third-order valence-electron chi connectivity index (χ3n) is 2.50. The largest absolute Gasteiger partial charge is 0.394 e. The second kappa shape index (κ2) is 5.75. The molecule has 0 fully saturated rings. The lowest BCUT2D eigenvalue weighted by atomic mass is 10.0. The molecule has 15 heavy (non-hydrogen) atoms. The van der Waals surface area contributed by atoms with E-state index in [0.717, 1.165) is 19.4 Å². The van der Waals surface area contributed by atoms with E-state index in [1.54, 1.807) is 0 Å². The Bertz CT molecular complexity index is 312. The van der Waals surface area contributed by atoms with Crippen LogP contribution in [-0.2, 0) is 0 Å². The number of hydrogen-bond donors (Lipinski definition) is 2. The Hall–Kier alpha value is -1.03. The van der Waals surface area contributed by atoms with Gasteiger partial charge in [-0.05, 0) is 17.5 Å². The number of hydrogen-bond acceptors (Lipinski definition) is 4. The van der Waals surface area contributed by atoms with Crippen LogP contribution >= 0.6 is 11.6 Å². The summed E-state index contributed by atoms with van der Waals surface area (Å²) in [5.74, 6) is 1.26. The van der Waals surface area contributed by atoms with Gasteiger partial charge in [-0.1, -0.05) is 26.7 Å². The average molecular weight is 229 g/mol. The van der Waals surface area contributed by atoms with Gasteiger partial charge in [0.15, 0.2) is 5.82 Å². The van der Waals surface area contributed by atoms with Crippen LogP contribution in [0.3, 0.4) is 0 Å². The minimum atomic E-state index is 0.219. The summed E-state index contributed by atoms with van der Waals surface area (Å²) in [7, 11) is 0. The van der Waals surface area contributed by atoms with Crippen LogP contribution < -0.4 is 11.1 Å². The summed E-state index contributed by atoms with van der Waals surface area (Å²) in [6, 6.07) is 0. The molecule has 0 unspecified atom stereocenters. The minimum Gasteiger partial charge on any atom is -0.394 e. The molecule has 0 radical (unpaired) electrons. The van der Waals surface area contributed by atoms with Gasteiger partial charge in [0.2, 0.25) is 5.28 Å². The van der Waals surface area contributed by atoms with Crippen LogP contribution in [0.2, 0.25) is 5.28 Å². The molecule has 84 valence electrons. The Morgan fingerprint density at radius 1 is 1.47 bits per heavy atom. The molecule has 1 aromatic heterocycles. The fourth-order valence-corrected chi connectivity index (χ4v) is 1.46. The molecule has 0 aliphatic heterocycles. The van der Waals surface area contributed by atoms with E-state index in [9.17, 15) is 0 Å². The van der Waals surface area contributed by atoms with E-state index in [0.29, 0.717) is 17.4 Å². The van der Waals surface area contributed by atoms with Gasteiger partial charge in [-0.3, -0.25) is 0 Å². The highest BCUT2D eigenvalue weighted by Gasteiger charge is 2.06. The van der Waals surface area contributed by atoms with Crippen LogP contribution in [0.15, 0.2) is 6.20 Å². The van der Waals surface area contributed by atoms with Gasteiger partial charge in [0, 0.05) is 6.54 Å². The zero-order chi connectivity index (χ0) is 11.3. The lowest BCUT2D eigenvalue weighted by Crippen LogP contribution is -2.14. The summed E-state index contributed by atoms with van der Waals surface area (Å²) in [5, 5.41) is 3.41. The number of halogens is 1. The molecule has 1 rings (SSSR count). The SMILES string of the molecule is CCC(CC)CNc1nc(Cl)ncc1N. The first-order chi connectivity index (χ1) is 7.17. The van der Waals surface area contributed by atoms with Gasteiger partial charge in [0.05, 0.1) is 11.9 Å². The molecule has 5 heteroatoms. The Balaban J connectivity index is 2.60. The van der Waals surface area contributed by atoms with Crippen molar-refractivity contribution in [1.82, 2.24) is 9.97 Å². The standard InChI is InChI=1S/C10H17ClN4/c1-3-7(4-2)5-13-9-8(12)6-14-10(11)15-9/h6-7H,3-5,12H2,1-2H3,(H,13,14,15). The van der Waals surface area contributed by atoms with Crippen molar-refractivity contribution in [2.75, 3.05) is 17.6 Å². The number of nitrogens with one attached hydrogen (secondary N) is 1. The molecule has 1 aromatic rings. The summed E-state index contributed by atoms with van der Waals surface area (Å²) < 4.78 is 0. The normalized spacial score (nSPS) is 10.7. The topological polar surface area (TPSA) is 63.8 Å². The molecule has 0 aromatic carbocycles. The molecule has 4 nitrogen and oxygen atoms in total. The van der Waals surface area contributed by atoms with E-state index in [-0.39, 0.29) is 5.28 Å². The van der Waals surface area contributed by atoms with Crippen molar-refractivity contribution >= 4 is 23.1 Å². The highest BCUT2D eigenvalue weighted by molar-refractivity contribution is 6.28. The Kier molecular flexibility index (Phi) is 4.62. The van der Waals surface area contributed by atoms with E-state index in [1.807, 2.05) is 0 Å². The van der Waals surface area contributed by atoms with Gasteiger partial charge in [-0.25, -0.2) is 4.98 Å². The Morgan fingerprint density at radius 2 is 2.13 bits per heavy atom. The second-order valence-corrected chi connectivity index (χ2v) is 3.84. The van der Waals surface area contributed by atoms with Crippen LogP contribution in [0, 0.1) is 5.92 Å². The van der Waals surface area contributed by atoms with Crippen molar-refractivity contribution in [2.45, 2.75) is 26.7 Å².